The summed E-state index contributed by atoms with van der Waals surface area (Å²) in [6.07, 6.45) is 7.17. The number of nitrogens with one attached hydrogen (secondary N) is 1. The number of nitrogen functional groups attached to an aromatic ring is 1. The summed E-state index contributed by atoms with van der Waals surface area (Å²) < 4.78 is 3.66. The maximum absolute atomic E-state index is 13.0. The lowest BCUT2D eigenvalue weighted by molar-refractivity contribution is 0.0936. The molecule has 0 saturated carbocycles. The standard InChI is InChI=1S/C31H24N8O3/c32-28-23(3-1-12-33-28)29-35-25-9-11-27(38-14-2-13-34-38)37-30(25)39(29)21-6-7-22-18(16-21)4-8-24(22)36-31(42)19-5-10-26(41)20(15-19)17-40/h1-3,5-7,9-17,24,41H,4,8H2,(H2,32,33)(H,36,42)/t24-/m0/s1. The van der Waals surface area contributed by atoms with Gasteiger partial charge in [0.2, 0.25) is 0 Å². The molecule has 0 fully saturated rings. The van der Waals surface area contributed by atoms with Gasteiger partial charge in [0.1, 0.15) is 17.1 Å². The summed E-state index contributed by atoms with van der Waals surface area (Å²) in [7, 11) is 0. The largest absolute Gasteiger partial charge is 0.507 e. The number of aryl methyl sites for hydroxylation is 1. The number of phenols is 1. The van der Waals surface area contributed by atoms with Crippen molar-refractivity contribution in [1.82, 2.24) is 34.6 Å². The fourth-order valence-corrected chi connectivity index (χ4v) is 5.44. The predicted octanol–water partition coefficient (Wildman–Crippen LogP) is 4.19. The second-order valence-electron chi connectivity index (χ2n) is 10.0. The SMILES string of the molecule is Nc1ncccc1-c1nc2ccc(-n3cccn3)nc2n1-c1ccc2c(c1)CC[C@@H]2NC(=O)c1ccc(O)c(C=O)c1. The fourth-order valence-electron chi connectivity index (χ4n) is 5.44. The zero-order chi connectivity index (χ0) is 28.8. The van der Waals surface area contributed by atoms with Gasteiger partial charge in [0, 0.05) is 29.8 Å². The molecule has 1 aliphatic carbocycles. The number of pyridine rings is 2. The van der Waals surface area contributed by atoms with Crippen LogP contribution in [0.2, 0.25) is 0 Å². The van der Waals surface area contributed by atoms with E-state index < -0.39 is 0 Å². The molecule has 4 heterocycles. The van der Waals surface area contributed by atoms with Crippen molar-refractivity contribution in [3.05, 3.63) is 108 Å². The molecule has 11 nitrogen and oxygen atoms in total. The van der Waals surface area contributed by atoms with Gasteiger partial charge in [-0.3, -0.25) is 14.2 Å². The molecule has 4 aromatic heterocycles. The van der Waals surface area contributed by atoms with E-state index in [1.165, 1.54) is 18.2 Å². The van der Waals surface area contributed by atoms with Crippen LogP contribution in [-0.4, -0.2) is 46.6 Å². The molecule has 4 N–H and O–H groups in total. The van der Waals surface area contributed by atoms with Crippen LogP contribution in [0.4, 0.5) is 5.82 Å². The van der Waals surface area contributed by atoms with Crippen LogP contribution >= 0.6 is 0 Å². The molecule has 1 atom stereocenters. The lowest BCUT2D eigenvalue weighted by atomic mass is 10.1. The molecular weight excluding hydrogens is 532 g/mol. The van der Waals surface area contributed by atoms with Crippen molar-refractivity contribution < 1.29 is 14.7 Å². The Morgan fingerprint density at radius 2 is 1.95 bits per heavy atom. The quantitative estimate of drug-likeness (QED) is 0.258. The lowest BCUT2D eigenvalue weighted by Gasteiger charge is -2.16. The summed E-state index contributed by atoms with van der Waals surface area (Å²) in [4.78, 5) is 38.3. The second-order valence-corrected chi connectivity index (χ2v) is 10.0. The van der Waals surface area contributed by atoms with E-state index in [0.29, 0.717) is 46.0 Å². The van der Waals surface area contributed by atoms with Gasteiger partial charge in [-0.05, 0) is 84.6 Å². The van der Waals surface area contributed by atoms with Crippen molar-refractivity contribution in [2.24, 2.45) is 0 Å². The maximum Gasteiger partial charge on any atom is 0.251 e. The molecule has 6 aromatic rings. The van der Waals surface area contributed by atoms with Gasteiger partial charge in [0.15, 0.2) is 23.6 Å². The molecule has 0 unspecified atom stereocenters. The van der Waals surface area contributed by atoms with Gasteiger partial charge >= 0.3 is 0 Å². The van der Waals surface area contributed by atoms with Crippen molar-refractivity contribution in [3.63, 3.8) is 0 Å². The molecular formula is C31H24N8O3. The second kappa shape index (κ2) is 9.97. The van der Waals surface area contributed by atoms with E-state index in [-0.39, 0.29) is 23.3 Å². The number of benzene rings is 2. The molecule has 0 bridgehead atoms. The van der Waals surface area contributed by atoms with Crippen LogP contribution in [0.25, 0.3) is 34.1 Å². The summed E-state index contributed by atoms with van der Waals surface area (Å²) >= 11 is 0. The van der Waals surface area contributed by atoms with Crippen LogP contribution in [0.1, 0.15) is 44.3 Å². The number of aromatic hydroxyl groups is 1. The molecule has 206 valence electrons. The normalized spacial score (nSPS) is 14.1. The molecule has 0 aliphatic heterocycles. The van der Waals surface area contributed by atoms with Crippen molar-refractivity contribution in [2.75, 3.05) is 5.73 Å². The Morgan fingerprint density at radius 3 is 2.76 bits per heavy atom. The van der Waals surface area contributed by atoms with E-state index in [4.69, 9.17) is 15.7 Å². The van der Waals surface area contributed by atoms with Crippen LogP contribution in [0.5, 0.6) is 5.75 Å². The van der Waals surface area contributed by atoms with E-state index in [1.807, 2.05) is 53.2 Å². The van der Waals surface area contributed by atoms with Crippen LogP contribution < -0.4 is 11.1 Å². The number of nitrogens with two attached hydrogens (primary N) is 1. The lowest BCUT2D eigenvalue weighted by Crippen LogP contribution is -2.27. The van der Waals surface area contributed by atoms with Crippen LogP contribution in [-0.2, 0) is 6.42 Å². The number of anilines is 1. The highest BCUT2D eigenvalue weighted by molar-refractivity contribution is 5.96. The third-order valence-electron chi connectivity index (χ3n) is 7.49. The summed E-state index contributed by atoms with van der Waals surface area (Å²) in [5.74, 6) is 1.14. The van der Waals surface area contributed by atoms with Gasteiger partial charge in [-0.2, -0.15) is 5.10 Å². The number of aldehydes is 1. The highest BCUT2D eigenvalue weighted by Gasteiger charge is 2.26. The minimum atomic E-state index is -0.315. The number of aromatic nitrogens is 6. The van der Waals surface area contributed by atoms with E-state index in [9.17, 15) is 14.7 Å². The first-order valence-corrected chi connectivity index (χ1v) is 13.3. The Bertz CT molecular complexity index is 2000. The maximum atomic E-state index is 13.0. The molecule has 0 spiro atoms. The number of carbonyl (C=O) groups is 2. The molecule has 0 saturated heterocycles. The molecule has 11 heteroatoms. The average Bonchev–Trinajstić information content (AvgIpc) is 3.76. The van der Waals surface area contributed by atoms with Gasteiger partial charge in [-0.25, -0.2) is 19.6 Å². The van der Waals surface area contributed by atoms with E-state index in [1.54, 1.807) is 17.1 Å². The summed E-state index contributed by atoms with van der Waals surface area (Å²) in [6.45, 7) is 0. The number of imidazole rings is 1. The van der Waals surface area contributed by atoms with E-state index in [2.05, 4.69) is 21.5 Å². The van der Waals surface area contributed by atoms with Gasteiger partial charge in [0.05, 0.1) is 17.2 Å². The van der Waals surface area contributed by atoms with Crippen molar-refractivity contribution in [2.45, 2.75) is 18.9 Å². The molecule has 0 radical (unpaired) electrons. The average molecular weight is 557 g/mol. The number of hydrogen-bond donors (Lipinski definition) is 3. The van der Waals surface area contributed by atoms with Crippen LogP contribution in [0.3, 0.4) is 0 Å². The Balaban J connectivity index is 1.29. The first-order valence-electron chi connectivity index (χ1n) is 13.3. The molecule has 1 amide bonds. The van der Waals surface area contributed by atoms with Crippen LogP contribution in [0.15, 0.2) is 85.3 Å². The number of amides is 1. The van der Waals surface area contributed by atoms with Gasteiger partial charge in [-0.15, -0.1) is 0 Å². The van der Waals surface area contributed by atoms with Gasteiger partial charge in [-0.1, -0.05) is 6.07 Å². The predicted molar refractivity (Wildman–Crippen MR) is 156 cm³/mol. The zero-order valence-corrected chi connectivity index (χ0v) is 22.2. The molecule has 2 aromatic carbocycles. The Kier molecular flexibility index (Phi) is 5.97. The third kappa shape index (κ3) is 4.24. The zero-order valence-electron chi connectivity index (χ0n) is 22.2. The van der Waals surface area contributed by atoms with Crippen molar-refractivity contribution in [1.29, 1.82) is 0 Å². The van der Waals surface area contributed by atoms with Crippen molar-refractivity contribution >= 4 is 29.2 Å². The monoisotopic (exact) mass is 556 g/mol. The summed E-state index contributed by atoms with van der Waals surface area (Å²) in [5, 5.41) is 17.2. The topological polar surface area (TPSA) is 154 Å². The first-order chi connectivity index (χ1) is 20.5. The fraction of sp³-hybridized carbons (Fsp3) is 0.0968. The number of carbonyl (C=O) groups excluding carboxylic acids is 2. The van der Waals surface area contributed by atoms with E-state index >= 15 is 0 Å². The van der Waals surface area contributed by atoms with Gasteiger partial charge in [0.25, 0.3) is 5.91 Å². The number of nitrogens with zero attached hydrogens (tertiary/aromatic N) is 6. The highest BCUT2D eigenvalue weighted by Crippen LogP contribution is 2.36. The Labute approximate surface area is 239 Å². The summed E-state index contributed by atoms with van der Waals surface area (Å²) in [5.41, 5.74) is 11.6. The van der Waals surface area contributed by atoms with Crippen LogP contribution in [0, 0.1) is 0 Å². The number of rotatable bonds is 6. The minimum absolute atomic E-state index is 0.0704. The highest BCUT2D eigenvalue weighted by atomic mass is 16.3. The van der Waals surface area contributed by atoms with Gasteiger partial charge < -0.3 is 16.2 Å². The van der Waals surface area contributed by atoms with E-state index in [0.717, 1.165) is 29.7 Å². The molecule has 1 aliphatic rings. The minimum Gasteiger partial charge on any atom is -0.507 e. The smallest absolute Gasteiger partial charge is 0.251 e. The summed E-state index contributed by atoms with van der Waals surface area (Å²) in [6, 6.07) is 19.4. The number of phenolic OH excluding ortho intramolecular Hbond substituents is 1. The Hall–Kier alpha value is -5.84. The Morgan fingerprint density at radius 1 is 1.05 bits per heavy atom. The number of hydrogen-bond acceptors (Lipinski definition) is 8. The molecule has 42 heavy (non-hydrogen) atoms. The third-order valence-corrected chi connectivity index (χ3v) is 7.49. The molecule has 7 rings (SSSR count). The first kappa shape index (κ1) is 25.1. The van der Waals surface area contributed by atoms with Crippen molar-refractivity contribution in [3.8, 4) is 28.6 Å². The number of fused-ring (bicyclic) bond motifs is 2.